The molecule has 17 nitrogen and oxygen atoms in total. The minimum absolute atomic E-state index is 0.0285. The number of anilines is 1. The summed E-state index contributed by atoms with van der Waals surface area (Å²) in [6.07, 6.45) is 8.57. The van der Waals surface area contributed by atoms with Crippen LogP contribution in [0.25, 0.3) is 27.6 Å². The fraction of sp³-hybridized carbons (Fsp3) is 0.450. The van der Waals surface area contributed by atoms with E-state index in [-0.39, 0.29) is 68.2 Å². The molecule has 0 aromatic heterocycles. The van der Waals surface area contributed by atoms with Gasteiger partial charge in [-0.05, 0) is 60.8 Å². The predicted octanol–water partition coefficient (Wildman–Crippen LogP) is 7.56. The molecule has 4 aromatic carbocycles. The molecule has 1 saturated heterocycles. The topological polar surface area (TPSA) is 244 Å². The number of piperidine rings is 1. The number of carbonyl (C=O) groups is 3. The molecule has 1 amide bonds. The number of nitrogens with two attached hydrogens (primary N) is 2. The minimum atomic E-state index is -1.99. The first-order chi connectivity index (χ1) is 36.5. The summed E-state index contributed by atoms with van der Waals surface area (Å²) in [5.41, 5.74) is 9.06. The number of aliphatic hydroxyl groups is 1. The molecule has 5 aliphatic rings. The quantitative estimate of drug-likeness (QED) is 0.0410. The molecule has 8 atom stereocenters. The Morgan fingerprint density at radius 1 is 0.948 bits per heavy atom. The van der Waals surface area contributed by atoms with Crippen LogP contribution in [0.2, 0.25) is 0 Å². The van der Waals surface area contributed by atoms with Crippen molar-refractivity contribution in [1.82, 2.24) is 9.91 Å². The highest BCUT2D eigenvalue weighted by Gasteiger charge is 2.50. The van der Waals surface area contributed by atoms with E-state index in [2.05, 4.69) is 24.1 Å². The normalized spacial score (nSPS) is 27.5. The largest absolute Gasteiger partial charge is 0.507 e. The van der Waals surface area contributed by atoms with E-state index in [1.165, 1.54) is 26.5 Å². The lowest BCUT2D eigenvalue weighted by Gasteiger charge is -2.37. The van der Waals surface area contributed by atoms with Gasteiger partial charge in [-0.1, -0.05) is 114 Å². The number of carbonyl (C=O) groups excluding carboxylic acids is 3. The van der Waals surface area contributed by atoms with Gasteiger partial charge in [-0.25, -0.2) is 5.84 Å². The van der Waals surface area contributed by atoms with Crippen LogP contribution in [0.1, 0.15) is 96.1 Å². The number of amides is 1. The van der Waals surface area contributed by atoms with Crippen molar-refractivity contribution >= 4 is 39.8 Å². The van der Waals surface area contributed by atoms with Crippen molar-refractivity contribution in [2.45, 2.75) is 111 Å². The highest BCUT2D eigenvalue weighted by Crippen LogP contribution is 2.50. The summed E-state index contributed by atoms with van der Waals surface area (Å²) >= 11 is 0. The Hall–Kier alpha value is -7.05. The molecule has 5 heterocycles. The Morgan fingerprint density at radius 3 is 2.27 bits per heavy atom. The highest BCUT2D eigenvalue weighted by molar-refractivity contribution is 6.19. The maximum absolute atomic E-state index is 15.0. The van der Waals surface area contributed by atoms with E-state index in [1.807, 2.05) is 88.4 Å². The summed E-state index contributed by atoms with van der Waals surface area (Å²) in [6.45, 7) is 18.5. The molecule has 1 fully saturated rings. The molecule has 410 valence electrons. The molecular formula is C60H75N7O10. The molecule has 0 radical (unpaired) electrons. The number of hydrogen-bond donors (Lipinski definition) is 6. The number of phenols is 2. The zero-order valence-corrected chi connectivity index (χ0v) is 45.9. The van der Waals surface area contributed by atoms with E-state index < -0.39 is 65.0 Å². The van der Waals surface area contributed by atoms with E-state index in [4.69, 9.17) is 40.5 Å². The van der Waals surface area contributed by atoms with Crippen LogP contribution in [0.5, 0.6) is 17.2 Å². The molecule has 9 rings (SSSR count). The van der Waals surface area contributed by atoms with E-state index in [0.29, 0.717) is 55.1 Å². The standard InChI is InChI=1S/C60H75N7O10/c1-33(2)30-66-26-24-60(25-27-66)64-49-46-47-53(70)39(8)56-48(46)57(72)59(9,77-56)75-28-23-44(74-10)37(6)55(76-45(68)32-67(62)31-43(61)42-21-19-41(20-22-42)40-17-12-11-13-18-40)38(7)52(69)36(5)29-34(3)15-14-16-35(4)58(73)63-51(54(47)71)50(49)65-60/h11-23,28,31,33-34,36-38,44,52,55,69-71H,24-27,29-30,32,61-62H2,1-10H3,(H,63,73)/b15-14+,28-23+,35-16-,43-31-/t34?,36-,37-,38-,44+,52?,55?,59?/m1/s1. The smallest absolute Gasteiger partial charge is 0.327 e. The Labute approximate surface area is 450 Å². The lowest BCUT2D eigenvalue weighted by Crippen LogP contribution is -2.46. The zero-order valence-electron chi connectivity index (χ0n) is 45.9. The molecule has 77 heavy (non-hydrogen) atoms. The van der Waals surface area contributed by atoms with Crippen molar-refractivity contribution in [3.8, 4) is 28.4 Å². The average Bonchev–Trinajstić information content (AvgIpc) is 3.92. The number of benzene rings is 4. The molecule has 0 aliphatic carbocycles. The third-order valence-corrected chi connectivity index (χ3v) is 15.5. The van der Waals surface area contributed by atoms with E-state index in [1.54, 1.807) is 32.1 Å². The number of ether oxygens (including phenoxy) is 4. The number of likely N-dealkylation sites (tertiary alicyclic amines) is 1. The van der Waals surface area contributed by atoms with Crippen molar-refractivity contribution in [2.75, 3.05) is 38.6 Å². The third-order valence-electron chi connectivity index (χ3n) is 15.5. The summed E-state index contributed by atoms with van der Waals surface area (Å²) in [4.78, 5) is 55.8. The summed E-state index contributed by atoms with van der Waals surface area (Å²) in [7, 11) is 1.49. The van der Waals surface area contributed by atoms with Crippen LogP contribution in [0.3, 0.4) is 0 Å². The van der Waals surface area contributed by atoms with Crippen molar-refractivity contribution < 1.29 is 48.7 Å². The van der Waals surface area contributed by atoms with Crippen LogP contribution in [0, 0.1) is 36.5 Å². The molecule has 8 N–H and O–H groups in total. The van der Waals surface area contributed by atoms with Gasteiger partial charge in [0.05, 0.1) is 40.5 Å². The number of phenolic OH excluding ortho intramolecular Hbond substituents is 2. The first-order valence-corrected chi connectivity index (χ1v) is 26.6. The van der Waals surface area contributed by atoms with Gasteiger partial charge in [0.1, 0.15) is 35.2 Å². The van der Waals surface area contributed by atoms with E-state index in [0.717, 1.165) is 22.7 Å². The van der Waals surface area contributed by atoms with Gasteiger partial charge in [-0.15, -0.1) is 0 Å². The molecule has 5 aliphatic heterocycles. The van der Waals surface area contributed by atoms with Gasteiger partial charge in [0.15, 0.2) is 11.4 Å². The van der Waals surface area contributed by atoms with Gasteiger partial charge in [-0.3, -0.25) is 24.4 Å². The maximum Gasteiger partial charge on any atom is 0.327 e. The predicted molar refractivity (Wildman–Crippen MR) is 296 cm³/mol. The number of Topliss-reactive ketones (excluding diaryl/α,β-unsaturated/α-hetero) is 1. The Kier molecular flexibility index (Phi) is 16.7. The highest BCUT2D eigenvalue weighted by atomic mass is 16.7. The second-order valence-electron chi connectivity index (χ2n) is 22.0. The van der Waals surface area contributed by atoms with Gasteiger partial charge in [0.25, 0.3) is 11.7 Å². The zero-order chi connectivity index (χ0) is 55.7. The fourth-order valence-electron chi connectivity index (χ4n) is 11.2. The lowest BCUT2D eigenvalue weighted by molar-refractivity contribution is -0.162. The average molecular weight is 1050 g/mol. The Morgan fingerprint density at radius 2 is 1.61 bits per heavy atom. The first kappa shape index (κ1) is 56.2. The number of allylic oxidation sites excluding steroid dienone is 3. The number of nitrogens with one attached hydrogen (secondary N) is 1. The van der Waals surface area contributed by atoms with Gasteiger partial charge in [0, 0.05) is 81.1 Å². The Bertz CT molecular complexity index is 3150. The number of hydrazine groups is 1. The van der Waals surface area contributed by atoms with Gasteiger partial charge < -0.3 is 55.2 Å². The fourth-order valence-corrected chi connectivity index (χ4v) is 11.2. The molecule has 1 spiro atoms. The monoisotopic (exact) mass is 1050 g/mol. The molecular weight excluding hydrogens is 979 g/mol. The number of ketones is 1. The van der Waals surface area contributed by atoms with Crippen molar-refractivity contribution in [3.63, 3.8) is 0 Å². The number of aliphatic hydroxyl groups excluding tert-OH is 1. The summed E-state index contributed by atoms with van der Waals surface area (Å²) < 4.78 is 24.9. The van der Waals surface area contributed by atoms with E-state index >= 15 is 0 Å². The summed E-state index contributed by atoms with van der Waals surface area (Å²) in [5, 5.41) is 40.8. The van der Waals surface area contributed by atoms with Gasteiger partial charge in [-0.2, -0.15) is 0 Å². The molecule has 4 aromatic rings. The van der Waals surface area contributed by atoms with E-state index in [9.17, 15) is 29.7 Å². The third kappa shape index (κ3) is 11.6. The Balaban J connectivity index is 1.13. The van der Waals surface area contributed by atoms with Crippen molar-refractivity contribution in [2.24, 2.45) is 51.2 Å². The number of fused-ring (bicyclic) bond motifs is 13. The first-order valence-electron chi connectivity index (χ1n) is 26.6. The number of methoxy groups -OCH3 is 1. The van der Waals surface area contributed by atoms with Crippen molar-refractivity contribution in [1.29, 1.82) is 0 Å². The SMILES string of the molecule is CO[C@H]1/C=C/OC2(C)Oc3c(C)c(O)c4c(O)c(c5c(c4c3C2=O)=NC2(CCN(CC(C)C)CC2)N=5)NC(=O)/C(C)=C\C=C\C(C)C[C@@H](C)C(O)[C@@H](C)C(OC(=O)CN(N)/C=C(\N)c2ccc(-c3ccccc3)cc2)[C@@H]1C. The number of rotatable bonds is 9. The maximum atomic E-state index is 15.0. The lowest BCUT2D eigenvalue weighted by atomic mass is 9.79. The summed E-state index contributed by atoms with van der Waals surface area (Å²) in [6, 6.07) is 17.6. The van der Waals surface area contributed by atoms with Gasteiger partial charge >= 0.3 is 11.8 Å². The van der Waals surface area contributed by atoms with Crippen molar-refractivity contribution in [3.05, 3.63) is 124 Å². The van der Waals surface area contributed by atoms with Crippen LogP contribution in [-0.4, -0.2) is 106 Å². The van der Waals surface area contributed by atoms with Crippen LogP contribution >= 0.6 is 0 Å². The second-order valence-corrected chi connectivity index (χ2v) is 22.0. The molecule has 17 heteroatoms. The summed E-state index contributed by atoms with van der Waals surface area (Å²) in [5.74, 6) is 0.544. The molecule has 0 saturated carbocycles. The number of nitrogens with zero attached hydrogens (tertiary/aromatic N) is 4. The number of hydrogen-bond acceptors (Lipinski definition) is 16. The minimum Gasteiger partial charge on any atom is -0.507 e. The molecule has 4 unspecified atom stereocenters. The van der Waals surface area contributed by atoms with Crippen LogP contribution in [0.15, 0.2) is 107 Å². The van der Waals surface area contributed by atoms with Crippen LogP contribution in [-0.2, 0) is 23.8 Å². The number of esters is 1. The van der Waals surface area contributed by atoms with Crippen LogP contribution in [0.4, 0.5) is 5.69 Å². The van der Waals surface area contributed by atoms with Crippen LogP contribution < -0.4 is 32.3 Å². The van der Waals surface area contributed by atoms with Gasteiger partial charge in [0.2, 0.25) is 0 Å². The second kappa shape index (κ2) is 22.9. The number of aromatic hydroxyl groups is 2. The molecule has 5 bridgehead atoms.